The normalized spacial score (nSPS) is 16.6. The minimum atomic E-state index is -1.93. The lowest BCUT2D eigenvalue weighted by molar-refractivity contribution is 0.0615. The highest BCUT2D eigenvalue weighted by molar-refractivity contribution is 8.27. The molecule has 0 saturated carbocycles. The van der Waals surface area contributed by atoms with Crippen LogP contribution in [0.3, 0.4) is 0 Å². The van der Waals surface area contributed by atoms with Gasteiger partial charge in [0.2, 0.25) is 0 Å². The SMILES string of the molecule is CS(C)(O)Cc1cc(C(=O)N2CCC3(CC2)COc2ccc(CN)cc23)oc1C#Cc1ccccc1F. The minimum absolute atomic E-state index is 0.119. The molecule has 0 unspecified atom stereocenters. The summed E-state index contributed by atoms with van der Waals surface area (Å²) in [5.74, 6) is 6.73. The van der Waals surface area contributed by atoms with Crippen LogP contribution >= 0.6 is 10.3 Å². The smallest absolute Gasteiger partial charge is 0.289 e. The van der Waals surface area contributed by atoms with Crippen molar-refractivity contribution in [2.45, 2.75) is 30.6 Å². The number of carbonyl (C=O) groups excluding carboxylic acids is 1. The van der Waals surface area contributed by atoms with Gasteiger partial charge in [-0.2, -0.15) is 0 Å². The molecule has 1 amide bonds. The Morgan fingerprint density at radius 2 is 1.92 bits per heavy atom. The van der Waals surface area contributed by atoms with Crippen molar-refractivity contribution >= 4 is 16.2 Å². The second-order valence-electron chi connectivity index (χ2n) is 10.2. The molecule has 194 valence electrons. The summed E-state index contributed by atoms with van der Waals surface area (Å²) in [6, 6.07) is 14.0. The molecule has 3 aromatic rings. The first kappa shape index (κ1) is 25.4. The summed E-state index contributed by atoms with van der Waals surface area (Å²) < 4.78 is 36.4. The molecule has 0 atom stereocenters. The third-order valence-electron chi connectivity index (χ3n) is 7.08. The molecule has 1 saturated heterocycles. The number of halogens is 1. The van der Waals surface area contributed by atoms with Crippen molar-refractivity contribution in [1.82, 2.24) is 4.90 Å². The van der Waals surface area contributed by atoms with Gasteiger partial charge in [0.25, 0.3) is 5.91 Å². The number of fused-ring (bicyclic) bond motifs is 2. The molecular formula is C29H31FN2O4S. The van der Waals surface area contributed by atoms with Crippen LogP contribution in [0.25, 0.3) is 0 Å². The van der Waals surface area contributed by atoms with Crippen LogP contribution in [0.5, 0.6) is 5.75 Å². The van der Waals surface area contributed by atoms with Gasteiger partial charge in [0.05, 0.1) is 12.2 Å². The number of nitrogens with zero attached hydrogens (tertiary/aromatic N) is 1. The van der Waals surface area contributed by atoms with Gasteiger partial charge in [-0.15, -0.1) is 10.3 Å². The fourth-order valence-corrected chi connectivity index (χ4v) is 6.04. The molecule has 0 aliphatic carbocycles. The van der Waals surface area contributed by atoms with Crippen molar-refractivity contribution in [3.63, 3.8) is 0 Å². The van der Waals surface area contributed by atoms with Gasteiger partial charge >= 0.3 is 0 Å². The predicted molar refractivity (Wildman–Crippen MR) is 144 cm³/mol. The van der Waals surface area contributed by atoms with Gasteiger partial charge in [-0.1, -0.05) is 30.2 Å². The van der Waals surface area contributed by atoms with Crippen LogP contribution in [0.15, 0.2) is 52.9 Å². The first-order valence-electron chi connectivity index (χ1n) is 12.3. The summed E-state index contributed by atoms with van der Waals surface area (Å²) in [5, 5.41) is 0. The van der Waals surface area contributed by atoms with Crippen LogP contribution in [-0.4, -0.2) is 47.6 Å². The monoisotopic (exact) mass is 522 g/mol. The Morgan fingerprint density at radius 1 is 1.16 bits per heavy atom. The second kappa shape index (κ2) is 9.90. The number of nitrogens with two attached hydrogens (primary N) is 1. The molecule has 2 aliphatic rings. The van der Waals surface area contributed by atoms with Crippen LogP contribution in [0, 0.1) is 17.7 Å². The molecule has 37 heavy (non-hydrogen) atoms. The Morgan fingerprint density at radius 3 is 2.62 bits per heavy atom. The molecule has 0 bridgehead atoms. The summed E-state index contributed by atoms with van der Waals surface area (Å²) in [7, 11) is -1.93. The standard InChI is InChI=1S/C29H31FN2O4S/c1-37(2,34)18-22-16-27(36-25(22)10-8-21-5-3-4-6-24(21)30)28(33)32-13-11-29(12-14-32)19-35-26-9-7-20(17-31)15-23(26)29/h3-7,9,15-16,34H,11-14,17-19,31H2,1-2H3. The summed E-state index contributed by atoms with van der Waals surface area (Å²) in [4.78, 5) is 15.2. The van der Waals surface area contributed by atoms with Crippen LogP contribution in [0.2, 0.25) is 0 Å². The van der Waals surface area contributed by atoms with E-state index in [-0.39, 0.29) is 28.4 Å². The van der Waals surface area contributed by atoms with E-state index >= 15 is 0 Å². The van der Waals surface area contributed by atoms with Gasteiger partial charge in [-0.25, -0.2) is 4.39 Å². The minimum Gasteiger partial charge on any atom is -0.492 e. The quantitative estimate of drug-likeness (QED) is 0.477. The van der Waals surface area contributed by atoms with Gasteiger partial charge in [-0.05, 0) is 61.1 Å². The zero-order valence-electron chi connectivity index (χ0n) is 21.1. The van der Waals surface area contributed by atoms with E-state index in [1.807, 2.05) is 12.1 Å². The molecule has 2 aliphatic heterocycles. The van der Waals surface area contributed by atoms with Gasteiger partial charge in [0, 0.05) is 41.9 Å². The van der Waals surface area contributed by atoms with Gasteiger partial charge in [0.1, 0.15) is 11.6 Å². The van der Waals surface area contributed by atoms with Crippen LogP contribution in [-0.2, 0) is 17.7 Å². The fourth-order valence-electron chi connectivity index (χ4n) is 5.06. The van der Waals surface area contributed by atoms with E-state index in [0.717, 1.165) is 24.2 Å². The Bertz CT molecular complexity index is 1390. The van der Waals surface area contributed by atoms with Gasteiger partial charge in [-0.3, -0.25) is 4.79 Å². The Labute approximate surface area is 218 Å². The number of benzene rings is 2. The highest BCUT2D eigenvalue weighted by Gasteiger charge is 2.44. The van der Waals surface area contributed by atoms with Crippen molar-refractivity contribution in [3.8, 4) is 17.6 Å². The van der Waals surface area contributed by atoms with E-state index in [9.17, 15) is 13.7 Å². The maximum atomic E-state index is 14.1. The molecule has 6 nitrogen and oxygen atoms in total. The molecular weight excluding hydrogens is 491 g/mol. The molecule has 3 N–H and O–H groups in total. The third-order valence-corrected chi connectivity index (χ3v) is 8.09. The second-order valence-corrected chi connectivity index (χ2v) is 13.5. The largest absolute Gasteiger partial charge is 0.492 e. The number of hydrogen-bond acceptors (Lipinski definition) is 5. The van der Waals surface area contributed by atoms with Crippen LogP contribution in [0.4, 0.5) is 4.39 Å². The van der Waals surface area contributed by atoms with E-state index in [1.165, 1.54) is 11.6 Å². The lowest BCUT2D eigenvalue weighted by Crippen LogP contribution is -2.46. The molecule has 1 fully saturated rings. The molecule has 3 heterocycles. The van der Waals surface area contributed by atoms with Crippen molar-refractivity contribution in [3.05, 3.63) is 88.1 Å². The van der Waals surface area contributed by atoms with E-state index < -0.39 is 16.1 Å². The Kier molecular flexibility index (Phi) is 6.80. The number of likely N-dealkylation sites (tertiary alicyclic amines) is 1. The van der Waals surface area contributed by atoms with E-state index in [1.54, 1.807) is 41.7 Å². The maximum Gasteiger partial charge on any atom is 0.289 e. The Hall–Kier alpha value is -3.25. The van der Waals surface area contributed by atoms with E-state index in [0.29, 0.717) is 37.6 Å². The number of rotatable bonds is 4. The summed E-state index contributed by atoms with van der Waals surface area (Å²) in [5.41, 5.74) is 8.88. The van der Waals surface area contributed by atoms with Gasteiger partial charge < -0.3 is 24.3 Å². The summed E-state index contributed by atoms with van der Waals surface area (Å²) in [6.07, 6.45) is 5.08. The summed E-state index contributed by atoms with van der Waals surface area (Å²) in [6.45, 7) is 2.21. The molecule has 2 aromatic carbocycles. The average molecular weight is 523 g/mol. The van der Waals surface area contributed by atoms with Crippen molar-refractivity contribution in [1.29, 1.82) is 0 Å². The highest BCUT2D eigenvalue weighted by Crippen LogP contribution is 2.46. The lowest BCUT2D eigenvalue weighted by Gasteiger charge is -2.38. The molecule has 5 rings (SSSR count). The maximum absolute atomic E-state index is 14.1. The number of amides is 1. The number of hydrogen-bond donors (Lipinski definition) is 2. The average Bonchev–Trinajstić information content (AvgIpc) is 3.43. The van der Waals surface area contributed by atoms with Crippen LogP contribution in [0.1, 0.15) is 51.4 Å². The lowest BCUT2D eigenvalue weighted by atomic mass is 9.74. The third kappa shape index (κ3) is 5.26. The topological polar surface area (TPSA) is 88.9 Å². The zero-order valence-corrected chi connectivity index (χ0v) is 21.9. The van der Waals surface area contributed by atoms with Crippen molar-refractivity contribution in [2.24, 2.45) is 5.73 Å². The fraction of sp³-hybridized carbons (Fsp3) is 0.345. The number of furan rings is 1. The first-order chi connectivity index (χ1) is 17.7. The highest BCUT2D eigenvalue weighted by atomic mass is 32.3. The first-order valence-corrected chi connectivity index (χ1v) is 14.8. The number of carbonyl (C=O) groups is 1. The predicted octanol–water partition coefficient (Wildman–Crippen LogP) is 4.88. The number of piperidine rings is 1. The molecule has 1 aromatic heterocycles. The zero-order chi connectivity index (χ0) is 26.2. The van der Waals surface area contributed by atoms with Crippen molar-refractivity contribution in [2.75, 3.05) is 32.2 Å². The van der Waals surface area contributed by atoms with Gasteiger partial charge in [0.15, 0.2) is 11.5 Å². The molecule has 1 spiro atoms. The van der Waals surface area contributed by atoms with Crippen molar-refractivity contribution < 1.29 is 22.9 Å². The van der Waals surface area contributed by atoms with E-state index in [4.69, 9.17) is 14.9 Å². The van der Waals surface area contributed by atoms with E-state index in [2.05, 4.69) is 17.9 Å². The number of ether oxygens (including phenoxy) is 1. The van der Waals surface area contributed by atoms with Crippen LogP contribution < -0.4 is 10.5 Å². The molecule has 0 radical (unpaired) electrons. The Balaban J connectivity index is 1.36. The molecule has 8 heteroatoms. The summed E-state index contributed by atoms with van der Waals surface area (Å²) >= 11 is 0.